The summed E-state index contributed by atoms with van der Waals surface area (Å²) in [5.41, 5.74) is 0.129. The van der Waals surface area contributed by atoms with Crippen LogP contribution in [-0.2, 0) is 0 Å². The topological polar surface area (TPSA) is 55.2 Å². The van der Waals surface area contributed by atoms with E-state index in [0.717, 1.165) is 25.7 Å². The van der Waals surface area contributed by atoms with Gasteiger partial charge < -0.3 is 5.32 Å². The van der Waals surface area contributed by atoms with E-state index in [1.807, 2.05) is 0 Å². The Morgan fingerprint density at radius 1 is 1.24 bits per heavy atom. The molecule has 2 rings (SSSR count). The molecule has 0 aliphatic heterocycles. The van der Waals surface area contributed by atoms with Crippen LogP contribution >= 0.6 is 0 Å². The molecule has 0 atom stereocenters. The number of hydrogen-bond donors (Lipinski definition) is 1. The molecule has 21 heavy (non-hydrogen) atoms. The highest BCUT2D eigenvalue weighted by atomic mass is 19.1. The van der Waals surface area contributed by atoms with Crippen LogP contribution in [-0.4, -0.2) is 11.0 Å². The zero-order valence-corrected chi connectivity index (χ0v) is 12.9. The molecule has 5 heteroatoms. The Morgan fingerprint density at radius 2 is 1.86 bits per heavy atom. The number of anilines is 1. The third-order valence-electron chi connectivity index (χ3n) is 4.49. The minimum absolute atomic E-state index is 0.0294. The number of rotatable bonds is 3. The van der Waals surface area contributed by atoms with Crippen LogP contribution in [0.3, 0.4) is 0 Å². The van der Waals surface area contributed by atoms with Crippen molar-refractivity contribution in [2.24, 2.45) is 11.3 Å². The number of nitro groups is 1. The molecule has 0 amide bonds. The number of nitrogens with one attached hydrogen (secondary N) is 1. The van der Waals surface area contributed by atoms with Gasteiger partial charge in [-0.3, -0.25) is 10.1 Å². The van der Waals surface area contributed by atoms with E-state index in [9.17, 15) is 14.5 Å². The second kappa shape index (κ2) is 6.00. The van der Waals surface area contributed by atoms with Gasteiger partial charge >= 0.3 is 0 Å². The predicted octanol–water partition coefficient (Wildman–Crippen LogP) is 4.75. The van der Waals surface area contributed by atoms with Gasteiger partial charge in [0, 0.05) is 12.1 Å². The van der Waals surface area contributed by atoms with Crippen LogP contribution < -0.4 is 5.32 Å². The third kappa shape index (κ3) is 3.71. The number of halogens is 1. The maximum Gasteiger partial charge on any atom is 0.295 e. The molecule has 0 unspecified atom stereocenters. The Labute approximate surface area is 124 Å². The lowest BCUT2D eigenvalue weighted by atomic mass is 9.71. The van der Waals surface area contributed by atoms with Gasteiger partial charge in [-0.2, -0.15) is 0 Å². The summed E-state index contributed by atoms with van der Waals surface area (Å²) in [6, 6.07) is 4.08. The zero-order chi connectivity index (χ0) is 15.6. The number of hydrogen-bond acceptors (Lipinski definition) is 3. The fourth-order valence-corrected chi connectivity index (χ4v) is 3.12. The van der Waals surface area contributed by atoms with Gasteiger partial charge in [0.1, 0.15) is 5.69 Å². The van der Waals surface area contributed by atoms with Crippen molar-refractivity contribution < 1.29 is 9.31 Å². The van der Waals surface area contributed by atoms with Crippen LogP contribution in [0.1, 0.15) is 46.5 Å². The highest BCUT2D eigenvalue weighted by Crippen LogP contribution is 2.39. The molecule has 1 fully saturated rings. The lowest BCUT2D eigenvalue weighted by molar-refractivity contribution is -0.384. The fourth-order valence-electron chi connectivity index (χ4n) is 3.12. The fraction of sp³-hybridized carbons (Fsp3) is 0.625. The van der Waals surface area contributed by atoms with E-state index >= 15 is 0 Å². The molecule has 1 aliphatic rings. The summed E-state index contributed by atoms with van der Waals surface area (Å²) in [7, 11) is 0. The van der Waals surface area contributed by atoms with E-state index in [4.69, 9.17) is 0 Å². The first-order chi connectivity index (χ1) is 9.79. The van der Waals surface area contributed by atoms with Crippen molar-refractivity contribution in [2.45, 2.75) is 52.5 Å². The van der Waals surface area contributed by atoms with E-state index in [1.54, 1.807) is 0 Å². The van der Waals surface area contributed by atoms with E-state index < -0.39 is 10.7 Å². The van der Waals surface area contributed by atoms with Crippen LogP contribution in [0.2, 0.25) is 0 Å². The summed E-state index contributed by atoms with van der Waals surface area (Å²) in [5, 5.41) is 14.1. The second-order valence-electron chi connectivity index (χ2n) is 6.95. The number of para-hydroxylation sites is 1. The predicted molar refractivity (Wildman–Crippen MR) is 81.9 cm³/mol. The van der Waals surface area contributed by atoms with Crippen LogP contribution in [0.15, 0.2) is 18.2 Å². The van der Waals surface area contributed by atoms with Crippen molar-refractivity contribution in [3.8, 4) is 0 Å². The first kappa shape index (κ1) is 15.7. The van der Waals surface area contributed by atoms with Crippen LogP contribution in [0, 0.1) is 27.3 Å². The third-order valence-corrected chi connectivity index (χ3v) is 4.49. The monoisotopic (exact) mass is 294 g/mol. The first-order valence-corrected chi connectivity index (χ1v) is 7.48. The molecular weight excluding hydrogens is 271 g/mol. The molecule has 0 radical (unpaired) electrons. The number of nitrogens with zero attached hydrogens (tertiary/aromatic N) is 1. The van der Waals surface area contributed by atoms with Gasteiger partial charge in [0.15, 0.2) is 5.82 Å². The lowest BCUT2D eigenvalue weighted by Crippen LogP contribution is -2.32. The van der Waals surface area contributed by atoms with Crippen LogP contribution in [0.25, 0.3) is 0 Å². The van der Waals surface area contributed by atoms with E-state index in [0.29, 0.717) is 5.92 Å². The standard InChI is InChI=1S/C16H23FN2O2/c1-16(2,3)11-7-9-12(10-8-11)18-15-13(17)5-4-6-14(15)19(20)21/h4-6,11-12,18H,7-10H2,1-3H3. The summed E-state index contributed by atoms with van der Waals surface area (Å²) >= 11 is 0. The molecular formula is C16H23FN2O2. The largest absolute Gasteiger partial charge is 0.374 e. The normalized spacial score (nSPS) is 22.9. The van der Waals surface area contributed by atoms with E-state index in [2.05, 4.69) is 26.1 Å². The summed E-state index contributed by atoms with van der Waals surface area (Å²) in [6.07, 6.45) is 3.99. The second-order valence-corrected chi connectivity index (χ2v) is 6.95. The molecule has 4 nitrogen and oxygen atoms in total. The molecule has 0 saturated heterocycles. The van der Waals surface area contributed by atoms with Crippen molar-refractivity contribution in [3.63, 3.8) is 0 Å². The summed E-state index contributed by atoms with van der Waals surface area (Å²) in [6.45, 7) is 6.73. The average molecular weight is 294 g/mol. The Bertz CT molecular complexity index is 517. The summed E-state index contributed by atoms with van der Waals surface area (Å²) in [5.74, 6) is 0.105. The maximum atomic E-state index is 13.9. The highest BCUT2D eigenvalue weighted by molar-refractivity contribution is 5.62. The van der Waals surface area contributed by atoms with Crippen molar-refractivity contribution in [3.05, 3.63) is 34.1 Å². The quantitative estimate of drug-likeness (QED) is 0.646. The molecule has 1 aromatic carbocycles. The van der Waals surface area contributed by atoms with Crippen LogP contribution in [0.5, 0.6) is 0 Å². The van der Waals surface area contributed by atoms with Gasteiger partial charge in [0.05, 0.1) is 4.92 Å². The van der Waals surface area contributed by atoms with Gasteiger partial charge in [0.2, 0.25) is 0 Å². The maximum absolute atomic E-state index is 13.9. The van der Waals surface area contributed by atoms with E-state index in [1.165, 1.54) is 18.2 Å². The molecule has 1 saturated carbocycles. The minimum atomic E-state index is -0.554. The molecule has 0 heterocycles. The lowest BCUT2D eigenvalue weighted by Gasteiger charge is -2.37. The van der Waals surface area contributed by atoms with Gasteiger partial charge in [-0.1, -0.05) is 26.8 Å². The first-order valence-electron chi connectivity index (χ1n) is 7.48. The van der Waals surface area contributed by atoms with Gasteiger partial charge in [0.25, 0.3) is 5.69 Å². The Morgan fingerprint density at radius 3 is 2.38 bits per heavy atom. The molecule has 1 aliphatic carbocycles. The molecule has 0 bridgehead atoms. The molecule has 1 aromatic rings. The highest BCUT2D eigenvalue weighted by Gasteiger charge is 2.30. The Kier molecular flexibility index (Phi) is 4.49. The minimum Gasteiger partial charge on any atom is -0.374 e. The molecule has 1 N–H and O–H groups in total. The average Bonchev–Trinajstić information content (AvgIpc) is 2.40. The number of benzene rings is 1. The zero-order valence-electron chi connectivity index (χ0n) is 12.9. The van der Waals surface area contributed by atoms with Crippen LogP contribution in [0.4, 0.5) is 15.8 Å². The molecule has 0 aromatic heterocycles. The van der Waals surface area contributed by atoms with Crippen molar-refractivity contribution in [1.82, 2.24) is 0 Å². The van der Waals surface area contributed by atoms with Crippen molar-refractivity contribution in [2.75, 3.05) is 5.32 Å². The van der Waals surface area contributed by atoms with E-state index in [-0.39, 0.29) is 22.8 Å². The van der Waals surface area contributed by atoms with Crippen molar-refractivity contribution >= 4 is 11.4 Å². The Hall–Kier alpha value is -1.65. The molecule has 116 valence electrons. The number of nitro benzene ring substituents is 1. The smallest absolute Gasteiger partial charge is 0.295 e. The van der Waals surface area contributed by atoms with Gasteiger partial charge in [-0.25, -0.2) is 4.39 Å². The summed E-state index contributed by atoms with van der Waals surface area (Å²) < 4.78 is 13.9. The molecule has 0 spiro atoms. The summed E-state index contributed by atoms with van der Waals surface area (Å²) in [4.78, 5) is 10.5. The van der Waals surface area contributed by atoms with Crippen molar-refractivity contribution in [1.29, 1.82) is 0 Å². The van der Waals surface area contributed by atoms with Gasteiger partial charge in [-0.15, -0.1) is 0 Å². The van der Waals surface area contributed by atoms with Gasteiger partial charge in [-0.05, 0) is 43.1 Å². The Balaban J connectivity index is 2.06. The SMILES string of the molecule is CC(C)(C)C1CCC(Nc2c(F)cccc2[N+](=O)[O-])CC1.